The van der Waals surface area contributed by atoms with Crippen molar-refractivity contribution in [3.63, 3.8) is 0 Å². The molecule has 1 aromatic carbocycles. The van der Waals surface area contributed by atoms with Gasteiger partial charge in [0, 0.05) is 31.5 Å². The zero-order chi connectivity index (χ0) is 39.7. The van der Waals surface area contributed by atoms with Gasteiger partial charge in [0.2, 0.25) is 12.2 Å². The second-order valence-corrected chi connectivity index (χ2v) is 13.9. The number of nitrogens with one attached hydrogen (secondary N) is 2. The number of H-pyrrole nitrogens is 1. The van der Waals surface area contributed by atoms with Crippen molar-refractivity contribution in [1.29, 1.82) is 0 Å². The number of carbonyl (C=O) groups is 3. The van der Waals surface area contributed by atoms with Gasteiger partial charge in [-0.05, 0) is 24.6 Å². The molecule has 1 unspecified atom stereocenters. The summed E-state index contributed by atoms with van der Waals surface area (Å²) in [5.74, 6) is -2.93. The van der Waals surface area contributed by atoms with Crippen LogP contribution in [0.1, 0.15) is 103 Å². The van der Waals surface area contributed by atoms with Crippen molar-refractivity contribution in [1.82, 2.24) is 9.55 Å². The summed E-state index contributed by atoms with van der Waals surface area (Å²) in [4.78, 5) is 66.0. The minimum atomic E-state index is -1.82. The number of ether oxygens (including phenoxy) is 5. The maximum atomic E-state index is 13.2. The summed E-state index contributed by atoms with van der Waals surface area (Å²) in [6.45, 7) is 2.22. The van der Waals surface area contributed by atoms with E-state index in [0.29, 0.717) is 12.1 Å². The number of rotatable bonds is 23. The number of hydrogen-bond donors (Lipinski definition) is 5. The normalized spacial score (nSPS) is 24.1. The van der Waals surface area contributed by atoms with Gasteiger partial charge in [-0.25, -0.2) is 4.79 Å². The van der Waals surface area contributed by atoms with E-state index < -0.39 is 83.9 Å². The molecule has 2 aliphatic heterocycles. The lowest BCUT2D eigenvalue weighted by atomic mass is 10.0. The van der Waals surface area contributed by atoms with E-state index in [4.69, 9.17) is 29.4 Å². The molecule has 2 amide bonds. The van der Waals surface area contributed by atoms with Crippen molar-refractivity contribution in [2.24, 2.45) is 5.73 Å². The zero-order valence-electron chi connectivity index (χ0n) is 31.6. The molecule has 304 valence electrons. The highest BCUT2D eigenvalue weighted by Gasteiger charge is 2.54. The summed E-state index contributed by atoms with van der Waals surface area (Å²) >= 11 is 0. The topological polar surface area (TPSA) is 231 Å². The lowest BCUT2D eigenvalue weighted by Gasteiger charge is -2.35. The zero-order valence-corrected chi connectivity index (χ0v) is 31.6. The fourth-order valence-corrected chi connectivity index (χ4v) is 6.70. The number of aliphatic hydroxyl groups excluding tert-OH is 2. The molecule has 16 heteroatoms. The monoisotopic (exact) mass is 772 g/mol. The van der Waals surface area contributed by atoms with Gasteiger partial charge in [0.1, 0.15) is 24.4 Å². The van der Waals surface area contributed by atoms with E-state index in [1.54, 1.807) is 30.3 Å². The van der Waals surface area contributed by atoms with E-state index in [1.807, 2.05) is 0 Å². The van der Waals surface area contributed by atoms with E-state index in [2.05, 4.69) is 17.2 Å². The smallest absolute Gasteiger partial charge is 0.330 e. The first kappa shape index (κ1) is 43.4. The first-order valence-electron chi connectivity index (χ1n) is 19.3. The quantitative estimate of drug-likeness (QED) is 0.0809. The predicted octanol–water partition coefficient (Wildman–Crippen LogP) is 3.31. The number of nitrogens with zero attached hydrogens (tertiary/aromatic N) is 1. The third-order valence-electron chi connectivity index (χ3n) is 9.68. The number of aliphatic hydroxyl groups is 2. The number of anilines is 1. The molecular weight excluding hydrogens is 716 g/mol. The summed E-state index contributed by atoms with van der Waals surface area (Å²) in [5.41, 5.74) is 4.60. The molecule has 2 aromatic rings. The fourth-order valence-electron chi connectivity index (χ4n) is 6.70. The Bertz CT molecular complexity index is 1660. The molecule has 0 radical (unpaired) electrons. The molecule has 6 N–H and O–H groups in total. The van der Waals surface area contributed by atoms with Crippen molar-refractivity contribution in [2.75, 3.05) is 12.4 Å². The highest BCUT2D eigenvalue weighted by Crippen LogP contribution is 2.36. The Balaban J connectivity index is 1.40. The summed E-state index contributed by atoms with van der Waals surface area (Å²) in [7, 11) is 1.26. The number of amides is 2. The van der Waals surface area contributed by atoms with Crippen LogP contribution in [0, 0.1) is 0 Å². The van der Waals surface area contributed by atoms with Crippen LogP contribution in [-0.4, -0.2) is 87.6 Å². The molecule has 1 saturated heterocycles. The van der Waals surface area contributed by atoms with E-state index >= 15 is 0 Å². The second kappa shape index (κ2) is 22.3. The lowest BCUT2D eigenvalue weighted by molar-refractivity contribution is -0.241. The predicted molar refractivity (Wildman–Crippen MR) is 200 cm³/mol. The van der Waals surface area contributed by atoms with Gasteiger partial charge < -0.3 is 44.9 Å². The van der Waals surface area contributed by atoms with E-state index in [1.165, 1.54) is 58.5 Å². The van der Waals surface area contributed by atoms with Gasteiger partial charge in [0.15, 0.2) is 24.2 Å². The molecule has 2 aliphatic rings. The summed E-state index contributed by atoms with van der Waals surface area (Å²) in [6.07, 6.45) is 4.37. The van der Waals surface area contributed by atoms with Crippen molar-refractivity contribution in [3.8, 4) is 0 Å². The van der Waals surface area contributed by atoms with Crippen molar-refractivity contribution in [3.05, 3.63) is 75.3 Å². The van der Waals surface area contributed by atoms with Crippen LogP contribution in [0.4, 0.5) is 5.69 Å². The van der Waals surface area contributed by atoms with Crippen LogP contribution in [0.3, 0.4) is 0 Å². The number of aromatic amines is 1. The van der Waals surface area contributed by atoms with Crippen molar-refractivity contribution < 1.29 is 48.3 Å². The number of hydrogen-bond acceptors (Lipinski definition) is 12. The molecular formula is C39H56N4O12. The Labute approximate surface area is 320 Å². The molecule has 8 atom stereocenters. The minimum absolute atomic E-state index is 0.0680. The fraction of sp³-hybridized carbons (Fsp3) is 0.615. The van der Waals surface area contributed by atoms with Crippen LogP contribution in [0.25, 0.3) is 0 Å². The number of primary amides is 1. The van der Waals surface area contributed by atoms with Crippen LogP contribution < -0.4 is 22.3 Å². The van der Waals surface area contributed by atoms with Crippen LogP contribution in [0.15, 0.2) is 64.0 Å². The Morgan fingerprint density at radius 3 is 2.11 bits per heavy atom. The van der Waals surface area contributed by atoms with Crippen LogP contribution >= 0.6 is 0 Å². The number of aromatic nitrogens is 2. The number of benzene rings is 1. The molecule has 0 saturated carbocycles. The molecule has 16 nitrogen and oxygen atoms in total. The van der Waals surface area contributed by atoms with Crippen LogP contribution in [0.2, 0.25) is 0 Å². The summed E-state index contributed by atoms with van der Waals surface area (Å²) in [5, 5.41) is 23.9. The van der Waals surface area contributed by atoms with Gasteiger partial charge in [-0.15, -0.1) is 0 Å². The highest BCUT2D eigenvalue weighted by atomic mass is 16.7. The van der Waals surface area contributed by atoms with Crippen LogP contribution in [0.5, 0.6) is 0 Å². The third kappa shape index (κ3) is 12.9. The average molecular weight is 773 g/mol. The largest absolute Gasteiger partial charge is 0.456 e. The average Bonchev–Trinajstić information content (AvgIpc) is 3.50. The lowest BCUT2D eigenvalue weighted by Crippen LogP contribution is -2.54. The molecule has 0 spiro atoms. The Hall–Kier alpha value is -4.35. The maximum absolute atomic E-state index is 13.2. The molecule has 1 aromatic heterocycles. The second-order valence-electron chi connectivity index (χ2n) is 13.9. The van der Waals surface area contributed by atoms with Gasteiger partial charge in [0.25, 0.3) is 11.5 Å². The first-order chi connectivity index (χ1) is 26.5. The standard InChI is InChI=1S/C39H56N4O12/c1-3-4-5-6-7-8-9-10-11-12-13-14-18-21-29(46)53-34-31(51-2)32(54-37(34)43-23-22-28(45)42-39(43)50)33(35(40)48)55-38-30(47)26(44)24-27(52-38)36(49)41-25-19-16-15-17-20-25/h15-17,19-20,22-24,26,30-34,37-38,44,47H,3-14,18,21H2,1-2H3,(H2,40,48)(H,41,49)(H,42,45,50)/t26-,30-,31+,32-,33?,34+,37+,38+/m0/s1. The SMILES string of the molecule is CCCCCCCCCCCCCCCC(=O)O[C@@H]1[C@H](OC)[C@@H](C(O[C@H]2OC(C(=O)Nc3ccccc3)=C[C@H](O)[C@@H]2O)C(N)=O)O[C@H]1n1ccc(=O)[nH]c1=O. The van der Waals surface area contributed by atoms with Gasteiger partial charge >= 0.3 is 11.7 Å². The third-order valence-corrected chi connectivity index (χ3v) is 9.68. The van der Waals surface area contributed by atoms with Crippen LogP contribution in [-0.2, 0) is 38.1 Å². The maximum Gasteiger partial charge on any atom is 0.330 e. The number of esters is 1. The number of unbranched alkanes of at least 4 members (excludes halogenated alkanes) is 12. The van der Waals surface area contributed by atoms with Gasteiger partial charge in [-0.2, -0.15) is 0 Å². The Morgan fingerprint density at radius 1 is 0.909 bits per heavy atom. The first-order valence-corrected chi connectivity index (χ1v) is 19.3. The van der Waals surface area contributed by atoms with Gasteiger partial charge in [-0.1, -0.05) is 102 Å². The van der Waals surface area contributed by atoms with Crippen molar-refractivity contribution >= 4 is 23.5 Å². The van der Waals surface area contributed by atoms with E-state index in [-0.39, 0.29) is 6.42 Å². The number of carbonyl (C=O) groups excluding carboxylic acids is 3. The van der Waals surface area contributed by atoms with Gasteiger partial charge in [0.05, 0.1) is 0 Å². The Morgan fingerprint density at radius 2 is 1.53 bits per heavy atom. The van der Waals surface area contributed by atoms with E-state index in [0.717, 1.165) is 48.6 Å². The molecule has 55 heavy (non-hydrogen) atoms. The highest BCUT2D eigenvalue weighted by molar-refractivity contribution is 6.02. The molecule has 4 rings (SSSR count). The summed E-state index contributed by atoms with van der Waals surface area (Å²) in [6, 6.07) is 9.46. The molecule has 1 fully saturated rings. The summed E-state index contributed by atoms with van der Waals surface area (Å²) < 4.78 is 30.0. The van der Waals surface area contributed by atoms with Crippen molar-refractivity contribution in [2.45, 2.75) is 146 Å². The number of nitrogens with two attached hydrogens (primary N) is 1. The molecule has 0 bridgehead atoms. The van der Waals surface area contributed by atoms with Gasteiger partial charge in [-0.3, -0.25) is 28.7 Å². The molecule has 0 aliphatic carbocycles. The minimum Gasteiger partial charge on any atom is -0.456 e. The number of methoxy groups -OCH3 is 1. The molecule has 3 heterocycles. The van der Waals surface area contributed by atoms with E-state index in [9.17, 15) is 34.2 Å². The number of para-hydroxylation sites is 1. The Kier molecular flexibility index (Phi) is 17.6.